The van der Waals surface area contributed by atoms with Crippen molar-refractivity contribution in [2.24, 2.45) is 0 Å². The molecule has 0 aromatic heterocycles. The van der Waals surface area contributed by atoms with E-state index in [0.29, 0.717) is 0 Å². The topological polar surface area (TPSA) is 0 Å². The molecule has 0 bridgehead atoms. The van der Waals surface area contributed by atoms with E-state index in [1.54, 1.807) is 0 Å². The van der Waals surface area contributed by atoms with Crippen LogP contribution in [0, 0.1) is 6.92 Å². The summed E-state index contributed by atoms with van der Waals surface area (Å²) in [6.07, 6.45) is 2.75. The lowest BCUT2D eigenvalue weighted by atomic mass is 10.2. The highest BCUT2D eigenvalue weighted by Crippen LogP contribution is 2.45. The molecule has 0 radical (unpaired) electrons. The van der Waals surface area contributed by atoms with Gasteiger partial charge in [0, 0.05) is 12.2 Å². The Morgan fingerprint density at radius 1 is 1.29 bits per heavy atom. The molecule has 0 fully saturated rings. The fourth-order valence-corrected chi connectivity index (χ4v) is 3.56. The van der Waals surface area contributed by atoms with Crippen LogP contribution in [0.15, 0.2) is 49.3 Å². The van der Waals surface area contributed by atoms with Gasteiger partial charge in [0.2, 0.25) is 0 Å². The van der Waals surface area contributed by atoms with E-state index in [-0.39, 0.29) is 0 Å². The van der Waals surface area contributed by atoms with Crippen molar-refractivity contribution >= 4 is 23.1 Å². The summed E-state index contributed by atoms with van der Waals surface area (Å²) < 4.78 is 0. The molecule has 1 atom stereocenters. The Morgan fingerprint density at radius 3 is 2.29 bits per heavy atom. The van der Waals surface area contributed by atoms with Gasteiger partial charge >= 0.3 is 0 Å². The van der Waals surface area contributed by atoms with Crippen LogP contribution < -0.4 is 5.30 Å². The third-order valence-corrected chi connectivity index (χ3v) is 6.26. The molecule has 1 unspecified atom stereocenters. The van der Waals surface area contributed by atoms with Crippen LogP contribution in [-0.4, -0.2) is 6.16 Å². The molecule has 1 aromatic carbocycles. The predicted molar refractivity (Wildman–Crippen MR) is 70.4 cm³/mol. The molecule has 74 valence electrons. The second-order valence-corrected chi connectivity index (χ2v) is 8.08. The van der Waals surface area contributed by atoms with Gasteiger partial charge in [-0.2, -0.15) is 0 Å². The van der Waals surface area contributed by atoms with Crippen molar-refractivity contribution in [1.82, 2.24) is 0 Å². The van der Waals surface area contributed by atoms with Gasteiger partial charge in [-0.1, -0.05) is 60.1 Å². The van der Waals surface area contributed by atoms with Crippen LogP contribution >= 0.6 is 6.04 Å². The number of allylic oxidation sites excluding steroid dienone is 1. The minimum Gasteiger partial charge on any atom is -0.103 e. The van der Waals surface area contributed by atoms with Crippen molar-refractivity contribution in [2.75, 3.05) is 6.16 Å². The van der Waals surface area contributed by atoms with E-state index >= 15 is 0 Å². The molecule has 0 heterocycles. The average molecular weight is 222 g/mol. The number of hydrogen-bond donors (Lipinski definition) is 0. The zero-order valence-electron chi connectivity index (χ0n) is 8.44. The maximum absolute atomic E-state index is 5.63. The lowest BCUT2D eigenvalue weighted by Crippen LogP contribution is -2.04. The Morgan fingerprint density at radius 2 is 1.86 bits per heavy atom. The van der Waals surface area contributed by atoms with Gasteiger partial charge in [0.25, 0.3) is 0 Å². The summed E-state index contributed by atoms with van der Waals surface area (Å²) in [7, 11) is 0. The van der Waals surface area contributed by atoms with Crippen molar-refractivity contribution in [3.63, 3.8) is 0 Å². The molecule has 1 aromatic rings. The fraction of sp³-hybridized carbons (Fsp3) is 0.167. The molecule has 1 rings (SSSR count). The summed E-state index contributed by atoms with van der Waals surface area (Å²) in [5, 5.41) is 1.23. The second kappa shape index (κ2) is 4.72. The first-order valence-corrected chi connectivity index (χ1v) is 7.58. The molecule has 0 aliphatic heterocycles. The smallest absolute Gasteiger partial charge is 0.00666 e. The first kappa shape index (κ1) is 11.4. The fourth-order valence-electron chi connectivity index (χ4n) is 1.27. The third kappa shape index (κ3) is 2.43. The monoisotopic (exact) mass is 222 g/mol. The Balaban J connectivity index is 3.12. The highest BCUT2D eigenvalue weighted by molar-refractivity contribution is 8.19. The van der Waals surface area contributed by atoms with Gasteiger partial charge in [0.15, 0.2) is 0 Å². The van der Waals surface area contributed by atoms with Crippen LogP contribution in [-0.2, 0) is 11.8 Å². The molecule has 2 heteroatoms. The number of rotatable bonds is 4. The summed E-state index contributed by atoms with van der Waals surface area (Å²) in [5.41, 5.74) is 1.26. The van der Waals surface area contributed by atoms with Crippen LogP contribution in [0.3, 0.4) is 0 Å². The van der Waals surface area contributed by atoms with Gasteiger partial charge in [-0.25, -0.2) is 0 Å². The highest BCUT2D eigenvalue weighted by atomic mass is 32.4. The van der Waals surface area contributed by atoms with Gasteiger partial charge in [-0.05, 0) is 12.2 Å². The van der Waals surface area contributed by atoms with Gasteiger partial charge in [0.05, 0.1) is 0 Å². The zero-order chi connectivity index (χ0) is 10.6. The Bertz CT molecular complexity index is 376. The molecular weight excluding hydrogens is 207 g/mol. The Kier molecular flexibility index (Phi) is 3.86. The normalized spacial score (nSPS) is 14.4. The predicted octanol–water partition coefficient (Wildman–Crippen LogP) is 3.43. The largest absolute Gasteiger partial charge is 0.103 e. The van der Waals surface area contributed by atoms with Gasteiger partial charge < -0.3 is 0 Å². The van der Waals surface area contributed by atoms with Crippen LogP contribution in [0.5, 0.6) is 0 Å². The number of benzene rings is 1. The van der Waals surface area contributed by atoms with E-state index in [4.69, 9.17) is 11.8 Å². The van der Waals surface area contributed by atoms with Gasteiger partial charge in [-0.3, -0.25) is 0 Å². The summed E-state index contributed by atoms with van der Waals surface area (Å²) in [6.45, 7) is 9.68. The molecule has 0 aliphatic carbocycles. The molecular formula is C12H15PS. The standard InChI is InChI=1S/C12H15PS/c1-4-10-13(14,5-2)12-8-6-11(3)7-9-12/h4-9H,1-2,10H2,3H3. The average Bonchev–Trinajstić information content (AvgIpc) is 2.19. The van der Waals surface area contributed by atoms with Gasteiger partial charge in [0.1, 0.15) is 0 Å². The summed E-state index contributed by atoms with van der Waals surface area (Å²) >= 11 is 5.63. The minimum absolute atomic E-state index is 0.856. The molecule has 0 aliphatic rings. The van der Waals surface area contributed by atoms with Crippen molar-refractivity contribution in [3.8, 4) is 0 Å². The third-order valence-electron chi connectivity index (χ3n) is 2.17. The minimum atomic E-state index is -1.59. The SMILES string of the molecule is C=CCP(=S)(C=C)c1ccc(C)cc1. The van der Waals surface area contributed by atoms with E-state index in [1.165, 1.54) is 10.9 Å². The first-order chi connectivity index (χ1) is 6.62. The Hall–Kier alpha value is -0.650. The molecule has 0 nitrogen and oxygen atoms in total. The van der Waals surface area contributed by atoms with E-state index in [0.717, 1.165) is 6.16 Å². The zero-order valence-corrected chi connectivity index (χ0v) is 10.2. The van der Waals surface area contributed by atoms with E-state index in [2.05, 4.69) is 44.3 Å². The van der Waals surface area contributed by atoms with Crippen LogP contribution in [0.25, 0.3) is 0 Å². The van der Waals surface area contributed by atoms with Crippen molar-refractivity contribution in [2.45, 2.75) is 6.92 Å². The first-order valence-electron chi connectivity index (χ1n) is 4.53. The number of hydrogen-bond acceptors (Lipinski definition) is 1. The summed E-state index contributed by atoms with van der Waals surface area (Å²) in [6, 6.07) is 6.83. The van der Waals surface area contributed by atoms with Crippen molar-refractivity contribution in [1.29, 1.82) is 0 Å². The highest BCUT2D eigenvalue weighted by Gasteiger charge is 2.12. The second-order valence-electron chi connectivity index (χ2n) is 3.28. The van der Waals surface area contributed by atoms with Crippen LogP contribution in [0.1, 0.15) is 5.56 Å². The quantitative estimate of drug-likeness (QED) is 0.555. The van der Waals surface area contributed by atoms with E-state index < -0.39 is 6.04 Å². The number of aryl methyl sites for hydroxylation is 1. The molecule has 0 amide bonds. The maximum atomic E-state index is 5.63. The van der Waals surface area contributed by atoms with Crippen molar-refractivity contribution in [3.05, 3.63) is 54.9 Å². The molecule has 0 saturated heterocycles. The van der Waals surface area contributed by atoms with Crippen LogP contribution in [0.2, 0.25) is 0 Å². The Labute approximate surface area is 91.4 Å². The molecule has 14 heavy (non-hydrogen) atoms. The summed E-state index contributed by atoms with van der Waals surface area (Å²) in [5.74, 6) is 1.93. The van der Waals surface area contributed by atoms with Crippen molar-refractivity contribution < 1.29 is 0 Å². The molecule has 0 spiro atoms. The molecule has 0 saturated carbocycles. The maximum Gasteiger partial charge on any atom is 0.00666 e. The molecule has 0 N–H and O–H groups in total. The summed E-state index contributed by atoms with van der Waals surface area (Å²) in [4.78, 5) is 0. The van der Waals surface area contributed by atoms with Crippen LogP contribution in [0.4, 0.5) is 0 Å². The lowest BCUT2D eigenvalue weighted by Gasteiger charge is -2.16. The lowest BCUT2D eigenvalue weighted by molar-refractivity contribution is 1.49. The van der Waals surface area contributed by atoms with Gasteiger partial charge in [-0.15, -0.1) is 6.58 Å². The van der Waals surface area contributed by atoms with E-state index in [1.807, 2.05) is 11.9 Å². The van der Waals surface area contributed by atoms with E-state index in [9.17, 15) is 0 Å².